The molecule has 0 saturated carbocycles. The molecule has 0 saturated heterocycles. The van der Waals surface area contributed by atoms with Crippen LogP contribution in [-0.2, 0) is 19.7 Å². The molecule has 0 fully saturated rings. The molecule has 1 atom stereocenters. The molecular formula is C14H11N4O5S-. The van der Waals surface area contributed by atoms with Gasteiger partial charge in [0.25, 0.3) is 11.8 Å². The fourth-order valence-corrected chi connectivity index (χ4v) is 2.49. The molecule has 1 unspecified atom stereocenters. The fraction of sp³-hybridized carbons (Fsp3) is 0.214. The van der Waals surface area contributed by atoms with Crippen LogP contribution in [0.4, 0.5) is 5.69 Å². The molecule has 1 aliphatic heterocycles. The number of likely N-dealkylation sites (N-methyl/N-ethyl adjacent to an activating group) is 1. The van der Waals surface area contributed by atoms with Crippen molar-refractivity contribution < 1.29 is 22.6 Å². The monoisotopic (exact) mass is 347 g/mol. The Balaban J connectivity index is 2.34. The summed E-state index contributed by atoms with van der Waals surface area (Å²) in [5.41, 5.74) is 0.225. The van der Waals surface area contributed by atoms with E-state index in [1.54, 1.807) is 6.07 Å². The molecule has 124 valence electrons. The van der Waals surface area contributed by atoms with Gasteiger partial charge in [-0.15, -0.1) is 0 Å². The van der Waals surface area contributed by atoms with Crippen LogP contribution in [0.2, 0.25) is 0 Å². The van der Waals surface area contributed by atoms with Crippen LogP contribution in [0.5, 0.6) is 0 Å². The first kappa shape index (κ1) is 17.5. The van der Waals surface area contributed by atoms with Crippen LogP contribution in [0.15, 0.2) is 50.5 Å². The Morgan fingerprint density at radius 2 is 1.83 bits per heavy atom. The molecule has 10 heteroatoms. The highest BCUT2D eigenvalue weighted by Crippen LogP contribution is 2.24. The van der Waals surface area contributed by atoms with E-state index in [0.29, 0.717) is 0 Å². The summed E-state index contributed by atoms with van der Waals surface area (Å²) in [4.78, 5) is 24.3. The van der Waals surface area contributed by atoms with Gasteiger partial charge in [-0.2, -0.15) is 15.5 Å². The van der Waals surface area contributed by atoms with Crippen LogP contribution >= 0.6 is 0 Å². The lowest BCUT2D eigenvalue weighted by molar-refractivity contribution is -0.142. The maximum atomic E-state index is 12.1. The van der Waals surface area contributed by atoms with Gasteiger partial charge < -0.3 is 4.55 Å². The van der Waals surface area contributed by atoms with E-state index in [1.165, 1.54) is 26.1 Å². The van der Waals surface area contributed by atoms with Crippen molar-refractivity contribution >= 4 is 27.6 Å². The highest BCUT2D eigenvalue weighted by molar-refractivity contribution is 7.85. The Kier molecular flexibility index (Phi) is 4.59. The van der Waals surface area contributed by atoms with E-state index < -0.39 is 32.9 Å². The van der Waals surface area contributed by atoms with E-state index in [0.717, 1.165) is 17.0 Å². The average Bonchev–Trinajstić information content (AvgIpc) is 2.53. The van der Waals surface area contributed by atoms with Gasteiger partial charge in [0.15, 0.2) is 6.04 Å². The first-order valence-electron chi connectivity index (χ1n) is 6.56. The molecule has 9 nitrogen and oxygen atoms in total. The Morgan fingerprint density at radius 3 is 2.33 bits per heavy atom. The number of hydrogen-bond donors (Lipinski definition) is 0. The number of benzene rings is 1. The number of nitriles is 1. The molecule has 1 aromatic carbocycles. The third-order valence-electron chi connectivity index (χ3n) is 3.41. The van der Waals surface area contributed by atoms with Crippen LogP contribution in [0.3, 0.4) is 0 Å². The van der Waals surface area contributed by atoms with E-state index >= 15 is 0 Å². The lowest BCUT2D eigenvalue weighted by Crippen LogP contribution is -2.45. The molecule has 24 heavy (non-hydrogen) atoms. The smallest absolute Gasteiger partial charge is 0.270 e. The molecule has 2 rings (SSSR count). The molecule has 2 amide bonds. The van der Waals surface area contributed by atoms with Gasteiger partial charge in [0, 0.05) is 7.05 Å². The Bertz CT molecular complexity index is 909. The highest BCUT2D eigenvalue weighted by Gasteiger charge is 2.37. The van der Waals surface area contributed by atoms with Gasteiger partial charge >= 0.3 is 0 Å². The fourth-order valence-electron chi connectivity index (χ4n) is 2.02. The summed E-state index contributed by atoms with van der Waals surface area (Å²) in [7, 11) is -3.32. The number of carbonyl (C=O) groups excluding carboxylic acids is 2. The topological polar surface area (TPSA) is 143 Å². The van der Waals surface area contributed by atoms with E-state index in [4.69, 9.17) is 5.26 Å². The van der Waals surface area contributed by atoms with Gasteiger partial charge in [-0.1, -0.05) is 0 Å². The largest absolute Gasteiger partial charge is 0.744 e. The normalized spacial score (nSPS) is 19.1. The predicted octanol–water partition coefficient (Wildman–Crippen LogP) is 0.882. The minimum atomic E-state index is -4.56. The second-order valence-electron chi connectivity index (χ2n) is 4.94. The SMILES string of the molecule is CC1=C(C#N)C(=O)N(C)C(=O)C1N=Nc1ccc(S(=O)(=O)[O-])cc1. The second-order valence-corrected chi connectivity index (χ2v) is 6.32. The van der Waals surface area contributed by atoms with Gasteiger partial charge in [0.2, 0.25) is 0 Å². The maximum Gasteiger partial charge on any atom is 0.270 e. The van der Waals surface area contributed by atoms with Crippen molar-refractivity contribution in [3.05, 3.63) is 35.4 Å². The number of azo groups is 1. The van der Waals surface area contributed by atoms with Crippen molar-refractivity contribution in [2.75, 3.05) is 7.05 Å². The van der Waals surface area contributed by atoms with E-state index in [9.17, 15) is 22.6 Å². The van der Waals surface area contributed by atoms with Crippen molar-refractivity contribution in [2.24, 2.45) is 10.2 Å². The number of carbonyl (C=O) groups is 2. The van der Waals surface area contributed by atoms with E-state index in [-0.39, 0.29) is 16.8 Å². The van der Waals surface area contributed by atoms with Gasteiger partial charge in [-0.25, -0.2) is 8.42 Å². The molecule has 0 bridgehead atoms. The summed E-state index contributed by atoms with van der Waals surface area (Å²) in [6.07, 6.45) is 0. The number of nitrogens with zero attached hydrogens (tertiary/aromatic N) is 4. The van der Waals surface area contributed by atoms with Crippen molar-refractivity contribution in [3.63, 3.8) is 0 Å². The van der Waals surface area contributed by atoms with E-state index in [2.05, 4.69) is 10.2 Å². The number of hydrogen-bond acceptors (Lipinski definition) is 8. The van der Waals surface area contributed by atoms with Crippen LogP contribution in [0.1, 0.15) is 6.92 Å². The van der Waals surface area contributed by atoms with Crippen LogP contribution in [0.25, 0.3) is 0 Å². The van der Waals surface area contributed by atoms with Crippen molar-refractivity contribution in [2.45, 2.75) is 17.9 Å². The Morgan fingerprint density at radius 1 is 1.25 bits per heavy atom. The third kappa shape index (κ3) is 3.22. The van der Waals surface area contributed by atoms with Gasteiger partial charge in [-0.3, -0.25) is 14.5 Å². The van der Waals surface area contributed by atoms with E-state index in [1.807, 2.05) is 0 Å². The number of rotatable bonds is 3. The molecular weight excluding hydrogens is 336 g/mol. The van der Waals surface area contributed by atoms with Crippen LogP contribution < -0.4 is 0 Å². The van der Waals surface area contributed by atoms with Gasteiger partial charge in [-0.05, 0) is 36.8 Å². The second kappa shape index (κ2) is 6.31. The molecule has 0 N–H and O–H groups in total. The summed E-state index contributed by atoms with van der Waals surface area (Å²) in [5, 5.41) is 16.7. The Hall–Kier alpha value is -2.90. The quantitative estimate of drug-likeness (QED) is 0.451. The summed E-state index contributed by atoms with van der Waals surface area (Å²) in [6.45, 7) is 1.44. The van der Waals surface area contributed by atoms with Crippen molar-refractivity contribution in [1.29, 1.82) is 5.26 Å². The lowest BCUT2D eigenvalue weighted by atomic mass is 9.97. The molecule has 0 spiro atoms. The standard InChI is InChI=1S/C14H12N4O5S/c1-8-11(7-15)13(19)18(2)14(20)12(8)17-16-9-3-5-10(6-4-9)24(21,22)23/h3-6,12H,1-2H3,(H,21,22,23)/p-1. The van der Waals surface area contributed by atoms with Crippen LogP contribution in [0, 0.1) is 11.3 Å². The molecule has 0 aromatic heterocycles. The summed E-state index contributed by atoms with van der Waals surface area (Å²) in [6, 6.07) is 5.26. The third-order valence-corrected chi connectivity index (χ3v) is 4.26. The highest BCUT2D eigenvalue weighted by atomic mass is 32.2. The molecule has 1 aliphatic rings. The summed E-state index contributed by atoms with van der Waals surface area (Å²) >= 11 is 0. The van der Waals surface area contributed by atoms with Gasteiger partial charge in [0.1, 0.15) is 21.8 Å². The Labute approximate surface area is 137 Å². The van der Waals surface area contributed by atoms with Crippen molar-refractivity contribution in [3.8, 4) is 6.07 Å². The minimum Gasteiger partial charge on any atom is -0.744 e. The first-order valence-corrected chi connectivity index (χ1v) is 7.97. The summed E-state index contributed by atoms with van der Waals surface area (Å²) in [5.74, 6) is -1.32. The first-order chi connectivity index (χ1) is 11.2. The number of imide groups is 1. The van der Waals surface area contributed by atoms with Crippen molar-refractivity contribution in [1.82, 2.24) is 4.90 Å². The lowest BCUT2D eigenvalue weighted by Gasteiger charge is -2.25. The molecule has 0 aliphatic carbocycles. The zero-order chi connectivity index (χ0) is 18.1. The maximum absolute atomic E-state index is 12.1. The van der Waals surface area contributed by atoms with Crippen LogP contribution in [-0.4, -0.2) is 42.8 Å². The molecule has 0 radical (unpaired) electrons. The molecule has 1 heterocycles. The zero-order valence-corrected chi connectivity index (χ0v) is 13.4. The van der Waals surface area contributed by atoms with Gasteiger partial charge in [0.05, 0.1) is 10.6 Å². The zero-order valence-electron chi connectivity index (χ0n) is 12.6. The number of amides is 2. The average molecular weight is 347 g/mol. The minimum absolute atomic E-state index is 0.172. The predicted molar refractivity (Wildman–Crippen MR) is 78.8 cm³/mol. The summed E-state index contributed by atoms with van der Waals surface area (Å²) < 4.78 is 32.5. The molecule has 1 aromatic rings.